The summed E-state index contributed by atoms with van der Waals surface area (Å²) in [6.45, 7) is 0. The van der Waals surface area contributed by atoms with Crippen LogP contribution in [0.3, 0.4) is 0 Å². The van der Waals surface area contributed by atoms with Crippen molar-refractivity contribution in [1.82, 2.24) is 0 Å². The molecular weight excluding hydrogens is 297 g/mol. The third-order valence-corrected chi connectivity index (χ3v) is 3.95. The van der Waals surface area contributed by atoms with Crippen LogP contribution in [0, 0.1) is 0 Å². The highest BCUT2D eigenvalue weighted by atomic mass is 32.3. The average Bonchev–Trinajstić information content (AvgIpc) is 2.39. The molecule has 7 heteroatoms. The first-order valence-corrected chi connectivity index (χ1v) is 6.95. The van der Waals surface area contributed by atoms with Gasteiger partial charge in [-0.2, -0.15) is 13.2 Å². The smallest absolute Gasteiger partial charge is 0.356 e. The van der Waals surface area contributed by atoms with Crippen molar-refractivity contribution in [3.63, 3.8) is 0 Å². The zero-order chi connectivity index (χ0) is 14.8. The maximum absolute atomic E-state index is 13.2. The number of hydrogen-bond acceptors (Lipinski definition) is 1. The lowest BCUT2D eigenvalue weighted by molar-refractivity contribution is -0.0463. The molecule has 1 N–H and O–H groups in total. The molecule has 0 saturated heterocycles. The fraction of sp³-hybridized carbons (Fsp3) is 0.0769. The van der Waals surface area contributed by atoms with Crippen LogP contribution in [-0.4, -0.2) is 5.51 Å². The van der Waals surface area contributed by atoms with Gasteiger partial charge in [-0.25, -0.2) is 0 Å². The summed E-state index contributed by atoms with van der Waals surface area (Å²) in [5.74, 6) is 0. The molecule has 0 spiro atoms. The average molecular weight is 307 g/mol. The first kappa shape index (κ1) is 14.6. The van der Waals surface area contributed by atoms with Gasteiger partial charge in [0.25, 0.3) is 0 Å². The van der Waals surface area contributed by atoms with Gasteiger partial charge in [0.05, 0.1) is 4.90 Å². The molecule has 0 atom stereocenters. The number of benzene rings is 2. The van der Waals surface area contributed by atoms with Crippen molar-refractivity contribution in [3.05, 3.63) is 54.6 Å². The van der Waals surface area contributed by atoms with E-state index >= 15 is 0 Å². The van der Waals surface area contributed by atoms with Crippen LogP contribution in [0.2, 0.25) is 0 Å². The Kier molecular flexibility index (Phi) is 3.89. The van der Waals surface area contributed by atoms with E-state index in [1.54, 1.807) is 24.3 Å². The largest absolute Gasteiger partial charge is 0.482 e. The topological polar surface area (TPSA) is 12.0 Å². The van der Waals surface area contributed by atoms with E-state index in [-0.39, 0.29) is 0 Å². The highest BCUT2D eigenvalue weighted by molar-refractivity contribution is 8.26. The third-order valence-electron chi connectivity index (χ3n) is 2.50. The monoisotopic (exact) mass is 307 g/mol. The second-order valence-corrected chi connectivity index (χ2v) is 5.80. The van der Waals surface area contributed by atoms with Gasteiger partial charge < -0.3 is 5.32 Å². The highest BCUT2D eigenvalue weighted by Crippen LogP contribution is 2.70. The summed E-state index contributed by atoms with van der Waals surface area (Å²) < 4.78 is 63.0. The van der Waals surface area contributed by atoms with Crippen molar-refractivity contribution in [3.8, 4) is 0 Å². The maximum Gasteiger partial charge on any atom is 0.482 e. The SMILES string of the molecule is FC(F)(F)S(F)(F)c1ccc(Nc2ccccc2)cc1. The van der Waals surface area contributed by atoms with Crippen molar-refractivity contribution in [2.45, 2.75) is 10.4 Å². The quantitative estimate of drug-likeness (QED) is 0.698. The molecule has 0 aliphatic rings. The number of rotatable bonds is 3. The number of para-hydroxylation sites is 1. The van der Waals surface area contributed by atoms with Crippen LogP contribution in [0.4, 0.5) is 32.3 Å². The summed E-state index contributed by atoms with van der Waals surface area (Å²) in [7, 11) is -5.79. The Morgan fingerprint density at radius 2 is 1.25 bits per heavy atom. The number of hydrogen-bond donors (Lipinski definition) is 1. The van der Waals surface area contributed by atoms with Gasteiger partial charge in [-0.3, -0.25) is 0 Å². The van der Waals surface area contributed by atoms with Crippen LogP contribution in [0.5, 0.6) is 0 Å². The fourth-order valence-corrected chi connectivity index (χ4v) is 2.28. The molecule has 0 aliphatic heterocycles. The summed E-state index contributed by atoms with van der Waals surface area (Å²) in [6, 6.07) is 12.9. The molecule has 0 bridgehead atoms. The molecule has 0 aromatic heterocycles. The van der Waals surface area contributed by atoms with Gasteiger partial charge in [-0.1, -0.05) is 18.2 Å². The molecule has 0 amide bonds. The maximum atomic E-state index is 13.2. The van der Waals surface area contributed by atoms with Crippen LogP contribution in [0.25, 0.3) is 0 Å². The zero-order valence-electron chi connectivity index (χ0n) is 9.99. The Labute approximate surface area is 114 Å². The van der Waals surface area contributed by atoms with E-state index in [1.807, 2.05) is 6.07 Å². The summed E-state index contributed by atoms with van der Waals surface area (Å²) in [6.07, 6.45) is 0. The molecule has 1 nitrogen and oxygen atoms in total. The van der Waals surface area contributed by atoms with Crippen LogP contribution in [-0.2, 0) is 0 Å². The summed E-state index contributed by atoms with van der Waals surface area (Å²) in [5, 5.41) is 2.90. The predicted octanol–water partition coefficient (Wildman–Crippen LogP) is 5.88. The Bertz CT molecular complexity index is 566. The minimum atomic E-state index is -5.79. The Balaban J connectivity index is 2.19. The number of nitrogens with one attached hydrogen (secondary N) is 1. The standard InChI is InChI=1S/C13H10F5NS/c14-13(15,16)20(17,18)12-8-6-11(7-9-12)19-10-4-2-1-3-5-10/h1-9,19H. The molecule has 0 fully saturated rings. The molecule has 0 unspecified atom stereocenters. The molecule has 2 rings (SSSR count). The lowest BCUT2D eigenvalue weighted by atomic mass is 10.3. The third kappa shape index (κ3) is 3.04. The fourth-order valence-electron chi connectivity index (χ4n) is 1.53. The van der Waals surface area contributed by atoms with Gasteiger partial charge in [0.1, 0.15) is 0 Å². The van der Waals surface area contributed by atoms with E-state index in [4.69, 9.17) is 0 Å². The first-order valence-electron chi connectivity index (χ1n) is 5.52. The summed E-state index contributed by atoms with van der Waals surface area (Å²) >= 11 is 0. The van der Waals surface area contributed by atoms with Crippen molar-refractivity contribution >= 4 is 22.2 Å². The van der Waals surface area contributed by atoms with E-state index in [9.17, 15) is 20.9 Å². The van der Waals surface area contributed by atoms with Gasteiger partial charge in [0.2, 0.25) is 0 Å². The second kappa shape index (κ2) is 5.32. The van der Waals surface area contributed by atoms with E-state index in [0.717, 1.165) is 17.8 Å². The minimum absolute atomic E-state index is 0.442. The molecule has 0 aliphatic carbocycles. The lowest BCUT2D eigenvalue weighted by Crippen LogP contribution is -2.12. The van der Waals surface area contributed by atoms with Gasteiger partial charge >= 0.3 is 5.51 Å². The predicted molar refractivity (Wildman–Crippen MR) is 70.3 cm³/mol. The molecule has 2 aromatic carbocycles. The van der Waals surface area contributed by atoms with Crippen molar-refractivity contribution in [2.75, 3.05) is 5.32 Å². The molecule has 0 saturated carbocycles. The summed E-state index contributed by atoms with van der Waals surface area (Å²) in [4.78, 5) is -0.997. The van der Waals surface area contributed by atoms with Crippen LogP contribution in [0.1, 0.15) is 0 Å². The molecule has 2 aromatic rings. The van der Waals surface area contributed by atoms with Crippen molar-refractivity contribution < 1.29 is 20.9 Å². The first-order chi connectivity index (χ1) is 9.30. The second-order valence-electron chi connectivity index (χ2n) is 3.93. The highest BCUT2D eigenvalue weighted by Gasteiger charge is 2.54. The number of halogens is 5. The molecular formula is C13H10F5NS. The molecule has 0 heterocycles. The van der Waals surface area contributed by atoms with Gasteiger partial charge in [-0.05, 0) is 36.4 Å². The Hall–Kier alpha value is -1.76. The molecule has 108 valence electrons. The zero-order valence-corrected chi connectivity index (χ0v) is 10.8. The van der Waals surface area contributed by atoms with Crippen LogP contribution in [0.15, 0.2) is 59.5 Å². The molecule has 20 heavy (non-hydrogen) atoms. The van der Waals surface area contributed by atoms with E-state index in [1.165, 1.54) is 12.1 Å². The van der Waals surface area contributed by atoms with Crippen LogP contribution >= 0.6 is 10.8 Å². The normalized spacial score (nSPS) is 13.1. The molecule has 0 radical (unpaired) electrons. The van der Waals surface area contributed by atoms with Gasteiger partial charge in [0.15, 0.2) is 10.8 Å². The van der Waals surface area contributed by atoms with Crippen LogP contribution < -0.4 is 5.32 Å². The van der Waals surface area contributed by atoms with E-state index < -0.39 is 21.2 Å². The van der Waals surface area contributed by atoms with Crippen molar-refractivity contribution in [2.24, 2.45) is 0 Å². The van der Waals surface area contributed by atoms with Crippen molar-refractivity contribution in [1.29, 1.82) is 0 Å². The van der Waals surface area contributed by atoms with Gasteiger partial charge in [-0.15, -0.1) is 7.77 Å². The van der Waals surface area contributed by atoms with E-state index in [2.05, 4.69) is 5.32 Å². The minimum Gasteiger partial charge on any atom is -0.356 e. The summed E-state index contributed by atoms with van der Waals surface area (Å²) in [5.41, 5.74) is -4.35. The van der Waals surface area contributed by atoms with E-state index in [0.29, 0.717) is 5.69 Å². The van der Waals surface area contributed by atoms with Gasteiger partial charge in [0, 0.05) is 11.4 Å². The lowest BCUT2D eigenvalue weighted by Gasteiger charge is -2.23. The number of anilines is 2. The Morgan fingerprint density at radius 1 is 0.750 bits per heavy atom. The Morgan fingerprint density at radius 3 is 1.75 bits per heavy atom. The number of alkyl halides is 3.